The summed E-state index contributed by atoms with van der Waals surface area (Å²) in [5.74, 6) is -0.635. The molecular weight excluding hydrogens is 248 g/mol. The van der Waals surface area contributed by atoms with Gasteiger partial charge in [0, 0.05) is 5.69 Å². The lowest BCUT2D eigenvalue weighted by Gasteiger charge is -2.18. The standard InChI is InChI=1S/C15H15F2NO/c1-10-2-3-11(8-14(10)17)15(9-19)18-13-6-4-12(16)5-7-13/h2-8,15,18-19H,9H2,1H3. The summed E-state index contributed by atoms with van der Waals surface area (Å²) in [4.78, 5) is 0. The van der Waals surface area contributed by atoms with Crippen LogP contribution in [0.4, 0.5) is 14.5 Å². The van der Waals surface area contributed by atoms with Gasteiger partial charge in [-0.15, -0.1) is 0 Å². The van der Waals surface area contributed by atoms with E-state index < -0.39 is 6.04 Å². The number of benzene rings is 2. The number of hydrogen-bond donors (Lipinski definition) is 2. The third-order valence-electron chi connectivity index (χ3n) is 2.97. The average Bonchev–Trinajstić information content (AvgIpc) is 2.41. The molecule has 0 aliphatic carbocycles. The second kappa shape index (κ2) is 5.80. The first-order valence-electron chi connectivity index (χ1n) is 5.99. The molecule has 4 heteroatoms. The fourth-order valence-electron chi connectivity index (χ4n) is 1.81. The van der Waals surface area contributed by atoms with Crippen molar-refractivity contribution < 1.29 is 13.9 Å². The molecule has 0 bridgehead atoms. The molecule has 2 nitrogen and oxygen atoms in total. The predicted molar refractivity (Wildman–Crippen MR) is 71.0 cm³/mol. The maximum Gasteiger partial charge on any atom is 0.126 e. The molecule has 0 aliphatic rings. The fourth-order valence-corrected chi connectivity index (χ4v) is 1.81. The molecule has 19 heavy (non-hydrogen) atoms. The summed E-state index contributed by atoms with van der Waals surface area (Å²) < 4.78 is 26.3. The molecule has 2 N–H and O–H groups in total. The highest BCUT2D eigenvalue weighted by Gasteiger charge is 2.12. The van der Waals surface area contributed by atoms with E-state index in [2.05, 4.69) is 5.32 Å². The summed E-state index contributed by atoms with van der Waals surface area (Å²) >= 11 is 0. The van der Waals surface area contributed by atoms with Crippen molar-refractivity contribution in [2.75, 3.05) is 11.9 Å². The minimum atomic E-state index is -0.430. The molecule has 2 aromatic carbocycles. The number of anilines is 1. The van der Waals surface area contributed by atoms with E-state index in [1.807, 2.05) is 0 Å². The molecule has 0 spiro atoms. The summed E-state index contributed by atoms with van der Waals surface area (Å²) in [5.41, 5.74) is 1.87. The van der Waals surface area contributed by atoms with Crippen LogP contribution in [0.5, 0.6) is 0 Å². The van der Waals surface area contributed by atoms with E-state index in [4.69, 9.17) is 0 Å². The van der Waals surface area contributed by atoms with Gasteiger partial charge in [-0.25, -0.2) is 8.78 Å². The molecule has 0 radical (unpaired) electrons. The van der Waals surface area contributed by atoms with Crippen molar-refractivity contribution in [2.45, 2.75) is 13.0 Å². The molecule has 0 aliphatic heterocycles. The molecule has 0 aromatic heterocycles. The molecule has 0 saturated carbocycles. The second-order valence-corrected chi connectivity index (χ2v) is 4.40. The molecule has 1 unspecified atom stereocenters. The zero-order valence-electron chi connectivity index (χ0n) is 10.5. The highest BCUT2D eigenvalue weighted by atomic mass is 19.1. The molecule has 2 aromatic rings. The van der Waals surface area contributed by atoms with E-state index in [-0.39, 0.29) is 18.2 Å². The van der Waals surface area contributed by atoms with Crippen molar-refractivity contribution in [2.24, 2.45) is 0 Å². The Hall–Kier alpha value is -1.94. The summed E-state index contributed by atoms with van der Waals surface area (Å²) in [5, 5.41) is 12.4. The predicted octanol–water partition coefficient (Wildman–Crippen LogP) is 3.42. The Bertz CT molecular complexity index is 555. The lowest BCUT2D eigenvalue weighted by Crippen LogP contribution is -2.15. The smallest absolute Gasteiger partial charge is 0.126 e. The summed E-state index contributed by atoms with van der Waals surface area (Å²) in [6, 6.07) is 10.2. The van der Waals surface area contributed by atoms with Gasteiger partial charge in [-0.1, -0.05) is 12.1 Å². The molecule has 0 heterocycles. The average molecular weight is 263 g/mol. The van der Waals surface area contributed by atoms with Gasteiger partial charge in [0.05, 0.1) is 12.6 Å². The number of aliphatic hydroxyl groups is 1. The summed E-state index contributed by atoms with van der Waals surface area (Å²) in [7, 11) is 0. The lowest BCUT2D eigenvalue weighted by molar-refractivity contribution is 0.276. The Morgan fingerprint density at radius 1 is 1.11 bits per heavy atom. The van der Waals surface area contributed by atoms with Crippen LogP contribution in [-0.2, 0) is 0 Å². The Morgan fingerprint density at radius 3 is 2.37 bits per heavy atom. The van der Waals surface area contributed by atoms with E-state index in [1.165, 1.54) is 18.2 Å². The fraction of sp³-hybridized carbons (Fsp3) is 0.200. The summed E-state index contributed by atoms with van der Waals surface area (Å²) in [6.07, 6.45) is 0. The molecule has 1 atom stereocenters. The number of halogens is 2. The van der Waals surface area contributed by atoms with Gasteiger partial charge in [0.2, 0.25) is 0 Å². The second-order valence-electron chi connectivity index (χ2n) is 4.40. The van der Waals surface area contributed by atoms with Gasteiger partial charge >= 0.3 is 0 Å². The van der Waals surface area contributed by atoms with Crippen LogP contribution in [0.2, 0.25) is 0 Å². The van der Waals surface area contributed by atoms with Gasteiger partial charge in [-0.2, -0.15) is 0 Å². The molecule has 2 rings (SSSR count). The third kappa shape index (κ3) is 3.29. The van der Waals surface area contributed by atoms with Crippen molar-refractivity contribution >= 4 is 5.69 Å². The quantitative estimate of drug-likeness (QED) is 0.886. The number of rotatable bonds is 4. The minimum absolute atomic E-state index is 0.181. The SMILES string of the molecule is Cc1ccc(C(CO)Nc2ccc(F)cc2)cc1F. The van der Waals surface area contributed by atoms with Gasteiger partial charge in [0.25, 0.3) is 0 Å². The topological polar surface area (TPSA) is 32.3 Å². The number of nitrogens with one attached hydrogen (secondary N) is 1. The van der Waals surface area contributed by atoms with Crippen molar-refractivity contribution in [3.63, 3.8) is 0 Å². The van der Waals surface area contributed by atoms with E-state index in [1.54, 1.807) is 31.2 Å². The minimum Gasteiger partial charge on any atom is -0.394 e. The van der Waals surface area contributed by atoms with E-state index in [0.717, 1.165) is 0 Å². The van der Waals surface area contributed by atoms with E-state index in [0.29, 0.717) is 16.8 Å². The van der Waals surface area contributed by atoms with E-state index in [9.17, 15) is 13.9 Å². The first-order valence-corrected chi connectivity index (χ1v) is 5.99. The molecule has 100 valence electrons. The Balaban J connectivity index is 2.19. The maximum atomic E-state index is 13.5. The van der Waals surface area contributed by atoms with Gasteiger partial charge in [-0.3, -0.25) is 0 Å². The van der Waals surface area contributed by atoms with Gasteiger partial charge in [0.15, 0.2) is 0 Å². The highest BCUT2D eigenvalue weighted by molar-refractivity contribution is 5.45. The number of aliphatic hydroxyl groups excluding tert-OH is 1. The van der Waals surface area contributed by atoms with Gasteiger partial charge in [-0.05, 0) is 48.4 Å². The Kier molecular flexibility index (Phi) is 4.12. The summed E-state index contributed by atoms with van der Waals surface area (Å²) in [6.45, 7) is 1.50. The maximum absolute atomic E-state index is 13.5. The first kappa shape index (κ1) is 13.5. The van der Waals surface area contributed by atoms with Gasteiger partial charge in [0.1, 0.15) is 11.6 Å². The number of hydrogen-bond acceptors (Lipinski definition) is 2. The van der Waals surface area contributed by atoms with Crippen LogP contribution in [0, 0.1) is 18.6 Å². The van der Waals surface area contributed by atoms with Crippen molar-refractivity contribution in [1.82, 2.24) is 0 Å². The third-order valence-corrected chi connectivity index (χ3v) is 2.97. The molecule has 0 fully saturated rings. The van der Waals surface area contributed by atoms with Crippen LogP contribution in [-0.4, -0.2) is 11.7 Å². The van der Waals surface area contributed by atoms with Crippen LogP contribution in [0.25, 0.3) is 0 Å². The molecular formula is C15H15F2NO. The zero-order valence-corrected chi connectivity index (χ0v) is 10.5. The van der Waals surface area contributed by atoms with E-state index >= 15 is 0 Å². The van der Waals surface area contributed by atoms with Gasteiger partial charge < -0.3 is 10.4 Å². The Labute approximate surface area is 110 Å². The largest absolute Gasteiger partial charge is 0.394 e. The van der Waals surface area contributed by atoms with Crippen LogP contribution >= 0.6 is 0 Å². The highest BCUT2D eigenvalue weighted by Crippen LogP contribution is 2.21. The van der Waals surface area contributed by atoms with Crippen molar-refractivity contribution in [1.29, 1.82) is 0 Å². The van der Waals surface area contributed by atoms with Crippen LogP contribution in [0.3, 0.4) is 0 Å². The Morgan fingerprint density at radius 2 is 1.79 bits per heavy atom. The van der Waals surface area contributed by atoms with Crippen LogP contribution in [0.1, 0.15) is 17.2 Å². The van der Waals surface area contributed by atoms with Crippen LogP contribution < -0.4 is 5.32 Å². The molecule has 0 saturated heterocycles. The normalized spacial score (nSPS) is 12.2. The van der Waals surface area contributed by atoms with Crippen molar-refractivity contribution in [3.8, 4) is 0 Å². The first-order chi connectivity index (χ1) is 9.10. The number of aryl methyl sites for hydroxylation is 1. The monoisotopic (exact) mass is 263 g/mol. The van der Waals surface area contributed by atoms with Crippen LogP contribution in [0.15, 0.2) is 42.5 Å². The lowest BCUT2D eigenvalue weighted by atomic mass is 10.0. The molecule has 0 amide bonds. The van der Waals surface area contributed by atoms with Crippen molar-refractivity contribution in [3.05, 3.63) is 65.2 Å². The zero-order chi connectivity index (χ0) is 13.8.